The molecule has 1 rings (SSSR count). The average molecular weight is 201 g/mol. The second-order valence-electron chi connectivity index (χ2n) is 2.48. The Morgan fingerprint density at radius 1 is 1.77 bits per heavy atom. The van der Waals surface area contributed by atoms with Crippen LogP contribution in [0.25, 0.3) is 0 Å². The number of aliphatic hydroxyl groups excluding tert-OH is 1. The molecule has 0 spiro atoms. The molecule has 1 aromatic rings. The third-order valence-corrected chi connectivity index (χ3v) is 2.29. The fourth-order valence-electron chi connectivity index (χ4n) is 0.719. The predicted molar refractivity (Wildman–Crippen MR) is 49.2 cm³/mol. The molecular formula is C8H11NO3S. The highest BCUT2D eigenvalue weighted by Gasteiger charge is 2.13. The number of esters is 1. The highest BCUT2D eigenvalue weighted by atomic mass is 32.1. The molecule has 0 aliphatic carbocycles. The summed E-state index contributed by atoms with van der Waals surface area (Å²) < 4.78 is 4.83. The van der Waals surface area contributed by atoms with E-state index in [-0.39, 0.29) is 13.2 Å². The third-order valence-electron chi connectivity index (χ3n) is 1.44. The molecular weight excluding hydrogens is 190 g/mol. The van der Waals surface area contributed by atoms with Crippen LogP contribution in [0.4, 0.5) is 0 Å². The number of nitrogens with two attached hydrogens (primary N) is 1. The van der Waals surface area contributed by atoms with Gasteiger partial charge in [-0.05, 0) is 11.4 Å². The van der Waals surface area contributed by atoms with Gasteiger partial charge in [-0.3, -0.25) is 4.79 Å². The van der Waals surface area contributed by atoms with E-state index >= 15 is 0 Å². The molecule has 0 fully saturated rings. The number of ether oxygens (including phenoxy) is 1. The maximum absolute atomic E-state index is 11.0. The Hall–Kier alpha value is -0.910. The van der Waals surface area contributed by atoms with Gasteiger partial charge in [-0.15, -0.1) is 11.3 Å². The van der Waals surface area contributed by atoms with Gasteiger partial charge in [0.2, 0.25) is 0 Å². The Morgan fingerprint density at radius 2 is 2.54 bits per heavy atom. The van der Waals surface area contributed by atoms with Gasteiger partial charge in [0.15, 0.2) is 0 Å². The van der Waals surface area contributed by atoms with E-state index in [9.17, 15) is 4.79 Å². The van der Waals surface area contributed by atoms with Crippen molar-refractivity contribution < 1.29 is 14.6 Å². The first-order valence-corrected chi connectivity index (χ1v) is 4.67. The van der Waals surface area contributed by atoms with Crippen molar-refractivity contribution in [3.63, 3.8) is 0 Å². The molecule has 1 aromatic heterocycles. The number of hydrogen-bond donors (Lipinski definition) is 2. The van der Waals surface area contributed by atoms with Gasteiger partial charge in [0.1, 0.15) is 12.6 Å². The molecule has 0 amide bonds. The normalized spacial score (nSPS) is 12.5. The molecule has 4 nitrogen and oxygen atoms in total. The lowest BCUT2D eigenvalue weighted by molar-refractivity contribution is -0.147. The maximum Gasteiger partial charge on any atom is 0.325 e. The third kappa shape index (κ3) is 3.14. The average Bonchev–Trinajstić information content (AvgIpc) is 2.65. The summed E-state index contributed by atoms with van der Waals surface area (Å²) in [5.41, 5.74) is 5.23. The highest BCUT2D eigenvalue weighted by molar-refractivity contribution is 7.09. The van der Waals surface area contributed by atoms with Crippen LogP contribution in [0.1, 0.15) is 4.88 Å². The van der Waals surface area contributed by atoms with Crippen molar-refractivity contribution in [3.8, 4) is 0 Å². The molecule has 1 heterocycles. The van der Waals surface area contributed by atoms with Crippen molar-refractivity contribution in [2.45, 2.75) is 12.6 Å². The van der Waals surface area contributed by atoms with Crippen LogP contribution in [0.15, 0.2) is 17.5 Å². The van der Waals surface area contributed by atoms with Crippen molar-refractivity contribution >= 4 is 17.3 Å². The van der Waals surface area contributed by atoms with Crippen molar-refractivity contribution in [1.29, 1.82) is 0 Å². The lowest BCUT2D eigenvalue weighted by Gasteiger charge is -2.07. The number of carbonyl (C=O) groups is 1. The van der Waals surface area contributed by atoms with E-state index in [0.29, 0.717) is 0 Å². The lowest BCUT2D eigenvalue weighted by atomic mass is 10.3. The summed E-state index contributed by atoms with van der Waals surface area (Å²) in [6, 6.07) is 2.81. The van der Waals surface area contributed by atoms with Crippen molar-refractivity contribution in [2.24, 2.45) is 5.73 Å². The van der Waals surface area contributed by atoms with Crippen LogP contribution in [0.2, 0.25) is 0 Å². The number of rotatable bonds is 4. The Morgan fingerprint density at radius 3 is 3.08 bits per heavy atom. The lowest BCUT2D eigenvalue weighted by Crippen LogP contribution is -2.35. The Labute approximate surface area is 79.9 Å². The molecule has 1 atom stereocenters. The zero-order chi connectivity index (χ0) is 9.68. The second-order valence-corrected chi connectivity index (χ2v) is 3.51. The molecule has 0 bridgehead atoms. The van der Waals surface area contributed by atoms with E-state index in [2.05, 4.69) is 0 Å². The fourth-order valence-corrected chi connectivity index (χ4v) is 1.33. The van der Waals surface area contributed by atoms with Crippen LogP contribution in [0.3, 0.4) is 0 Å². The van der Waals surface area contributed by atoms with Crippen LogP contribution >= 0.6 is 11.3 Å². The fraction of sp³-hybridized carbons (Fsp3) is 0.375. The minimum absolute atomic E-state index is 0.226. The molecule has 0 aliphatic heterocycles. The smallest absolute Gasteiger partial charge is 0.325 e. The Bertz CT molecular complexity index is 260. The van der Waals surface area contributed by atoms with Gasteiger partial charge in [-0.25, -0.2) is 0 Å². The van der Waals surface area contributed by atoms with Crippen molar-refractivity contribution in [3.05, 3.63) is 22.4 Å². The summed E-state index contributed by atoms with van der Waals surface area (Å²) in [7, 11) is 0. The summed E-state index contributed by atoms with van der Waals surface area (Å²) in [6.07, 6.45) is 0. The zero-order valence-corrected chi connectivity index (χ0v) is 7.79. The molecule has 0 radical (unpaired) electrons. The van der Waals surface area contributed by atoms with Gasteiger partial charge in [0.05, 0.1) is 6.61 Å². The first kappa shape index (κ1) is 10.2. The Kier molecular flexibility index (Phi) is 3.88. The van der Waals surface area contributed by atoms with Crippen LogP contribution < -0.4 is 5.73 Å². The summed E-state index contributed by atoms with van der Waals surface area (Å²) in [6.45, 7) is -0.159. The van der Waals surface area contributed by atoms with Gasteiger partial charge < -0.3 is 15.6 Å². The molecule has 13 heavy (non-hydrogen) atoms. The summed E-state index contributed by atoms with van der Waals surface area (Å²) in [5.74, 6) is -0.573. The van der Waals surface area contributed by atoms with E-state index in [1.54, 1.807) is 0 Å². The SMILES string of the molecule is NC(CO)C(=O)OCc1cccs1. The molecule has 3 N–H and O–H groups in total. The topological polar surface area (TPSA) is 72.5 Å². The van der Waals surface area contributed by atoms with E-state index in [1.165, 1.54) is 11.3 Å². The van der Waals surface area contributed by atoms with Crippen LogP contribution in [0.5, 0.6) is 0 Å². The number of carbonyl (C=O) groups excluding carboxylic acids is 1. The first-order valence-electron chi connectivity index (χ1n) is 3.79. The van der Waals surface area contributed by atoms with Crippen LogP contribution in [-0.4, -0.2) is 23.7 Å². The summed E-state index contributed by atoms with van der Waals surface area (Å²) >= 11 is 1.50. The first-order chi connectivity index (χ1) is 6.24. The minimum atomic E-state index is -0.931. The van der Waals surface area contributed by atoms with Gasteiger partial charge in [0.25, 0.3) is 0 Å². The Balaban J connectivity index is 2.31. The quantitative estimate of drug-likeness (QED) is 0.678. The molecule has 0 saturated carbocycles. The molecule has 1 unspecified atom stereocenters. The van der Waals surface area contributed by atoms with Gasteiger partial charge in [-0.1, -0.05) is 6.07 Å². The molecule has 0 aromatic carbocycles. The van der Waals surface area contributed by atoms with E-state index in [0.717, 1.165) is 4.88 Å². The predicted octanol–water partition coefficient (Wildman–Crippen LogP) is 0.111. The molecule has 0 aliphatic rings. The monoisotopic (exact) mass is 201 g/mol. The van der Waals surface area contributed by atoms with E-state index in [4.69, 9.17) is 15.6 Å². The van der Waals surface area contributed by atoms with Crippen molar-refractivity contribution in [2.75, 3.05) is 6.61 Å². The second kappa shape index (κ2) is 4.96. The highest BCUT2D eigenvalue weighted by Crippen LogP contribution is 2.09. The minimum Gasteiger partial charge on any atom is -0.459 e. The summed E-state index contributed by atoms with van der Waals surface area (Å²) in [5, 5.41) is 10.4. The number of hydrogen-bond acceptors (Lipinski definition) is 5. The van der Waals surface area contributed by atoms with Crippen LogP contribution in [0, 0.1) is 0 Å². The molecule has 0 saturated heterocycles. The molecule has 72 valence electrons. The molecule has 5 heteroatoms. The largest absolute Gasteiger partial charge is 0.459 e. The van der Waals surface area contributed by atoms with E-state index in [1.807, 2.05) is 17.5 Å². The summed E-state index contributed by atoms with van der Waals surface area (Å²) in [4.78, 5) is 11.9. The standard InChI is InChI=1S/C8H11NO3S/c9-7(4-10)8(11)12-5-6-2-1-3-13-6/h1-3,7,10H,4-5,9H2. The van der Waals surface area contributed by atoms with E-state index < -0.39 is 12.0 Å². The van der Waals surface area contributed by atoms with Gasteiger partial charge in [0, 0.05) is 4.88 Å². The van der Waals surface area contributed by atoms with Gasteiger partial charge in [-0.2, -0.15) is 0 Å². The van der Waals surface area contributed by atoms with Gasteiger partial charge >= 0.3 is 5.97 Å². The number of aliphatic hydroxyl groups is 1. The van der Waals surface area contributed by atoms with Crippen molar-refractivity contribution in [1.82, 2.24) is 0 Å². The van der Waals surface area contributed by atoms with Crippen LogP contribution in [-0.2, 0) is 16.1 Å². The number of thiophene rings is 1. The zero-order valence-electron chi connectivity index (χ0n) is 6.97. The maximum atomic E-state index is 11.0.